The Morgan fingerprint density at radius 1 is 1.08 bits per heavy atom. The third-order valence-electron chi connectivity index (χ3n) is 6.92. The summed E-state index contributed by atoms with van der Waals surface area (Å²) < 4.78 is 23.5. The molecule has 0 N–H and O–H groups in total. The lowest BCUT2D eigenvalue weighted by Gasteiger charge is -2.26. The van der Waals surface area contributed by atoms with Crippen LogP contribution in [-0.4, -0.2) is 29.8 Å². The third-order valence-corrected chi connectivity index (χ3v) is 6.92. The number of hydrogen-bond donors (Lipinski definition) is 0. The zero-order valence-corrected chi connectivity index (χ0v) is 22.5. The largest absolute Gasteiger partial charge is 0.493 e. The predicted octanol–water partition coefficient (Wildman–Crippen LogP) is 7.11. The molecule has 0 aliphatic heterocycles. The number of aryl methyl sites for hydroxylation is 1. The first-order valence-electron chi connectivity index (χ1n) is 13.5. The maximum Gasteiger partial charge on any atom is 0.349 e. The minimum atomic E-state index is -1.07. The molecular weight excluding hydrogens is 466 g/mol. The Bertz CT molecular complexity index is 1160. The van der Waals surface area contributed by atoms with E-state index in [1.807, 2.05) is 55.5 Å². The van der Waals surface area contributed by atoms with Crippen LogP contribution in [0.25, 0.3) is 11.5 Å². The summed E-state index contributed by atoms with van der Waals surface area (Å²) in [5.74, 6) is 3.22. The average Bonchev–Trinajstić information content (AvgIpc) is 3.26. The number of esters is 1. The smallest absolute Gasteiger partial charge is 0.349 e. The first-order valence-corrected chi connectivity index (χ1v) is 13.5. The van der Waals surface area contributed by atoms with Crippen LogP contribution in [0, 0.1) is 12.8 Å². The SMILES string of the molecule is CCOC(=O)C(C)(C)Oc1ccc(OCCc2nc(-c3ccccc3)oc2C)c(CC2CCCCC2)c1. The summed E-state index contributed by atoms with van der Waals surface area (Å²) in [6.45, 7) is 8.03. The minimum Gasteiger partial charge on any atom is -0.493 e. The fraction of sp³-hybridized carbons (Fsp3) is 0.484. The van der Waals surface area contributed by atoms with E-state index in [1.54, 1.807) is 20.8 Å². The fourth-order valence-corrected chi connectivity index (χ4v) is 4.88. The van der Waals surface area contributed by atoms with Crippen LogP contribution in [0.15, 0.2) is 52.9 Å². The van der Waals surface area contributed by atoms with Crippen molar-refractivity contribution in [3.8, 4) is 23.0 Å². The standard InChI is InChI=1S/C31H39NO5/c1-5-34-30(33)31(3,4)37-26-16-17-28(25(21-26)20-23-12-8-6-9-13-23)35-19-18-27-22(2)36-29(32-27)24-14-10-7-11-15-24/h7,10-11,14-17,21,23H,5-6,8-9,12-13,18-20H2,1-4H3. The molecule has 37 heavy (non-hydrogen) atoms. The number of aromatic nitrogens is 1. The predicted molar refractivity (Wildman–Crippen MR) is 144 cm³/mol. The number of hydrogen-bond acceptors (Lipinski definition) is 6. The molecular formula is C31H39NO5. The summed E-state index contributed by atoms with van der Waals surface area (Å²) in [6.07, 6.45) is 7.94. The maximum absolute atomic E-state index is 12.3. The summed E-state index contributed by atoms with van der Waals surface area (Å²) in [6, 6.07) is 15.8. The van der Waals surface area contributed by atoms with Gasteiger partial charge in [-0.25, -0.2) is 9.78 Å². The Balaban J connectivity index is 1.46. The molecule has 2 aromatic carbocycles. The molecule has 0 spiro atoms. The molecule has 1 aliphatic carbocycles. The fourth-order valence-electron chi connectivity index (χ4n) is 4.88. The van der Waals surface area contributed by atoms with E-state index < -0.39 is 5.60 Å². The Hall–Kier alpha value is -3.28. The molecule has 6 nitrogen and oxygen atoms in total. The molecule has 4 rings (SSSR count). The molecule has 1 heterocycles. The van der Waals surface area contributed by atoms with Crippen molar-refractivity contribution >= 4 is 5.97 Å². The number of oxazole rings is 1. The van der Waals surface area contributed by atoms with Crippen LogP contribution in [0.1, 0.15) is 69.9 Å². The third kappa shape index (κ3) is 7.15. The van der Waals surface area contributed by atoms with Crippen molar-refractivity contribution in [3.05, 3.63) is 65.5 Å². The second-order valence-corrected chi connectivity index (χ2v) is 10.3. The number of nitrogens with zero attached hydrogens (tertiary/aromatic N) is 1. The Morgan fingerprint density at radius 3 is 2.57 bits per heavy atom. The normalized spacial score (nSPS) is 14.4. The molecule has 0 saturated heterocycles. The van der Waals surface area contributed by atoms with Crippen molar-refractivity contribution < 1.29 is 23.4 Å². The molecule has 0 atom stereocenters. The Morgan fingerprint density at radius 2 is 1.84 bits per heavy atom. The lowest BCUT2D eigenvalue weighted by Crippen LogP contribution is -2.39. The second-order valence-electron chi connectivity index (χ2n) is 10.3. The van der Waals surface area contributed by atoms with E-state index in [4.69, 9.17) is 23.6 Å². The highest BCUT2D eigenvalue weighted by Crippen LogP contribution is 2.33. The lowest BCUT2D eigenvalue weighted by molar-refractivity contribution is -0.158. The van der Waals surface area contributed by atoms with Crippen LogP contribution in [0.5, 0.6) is 11.5 Å². The Kier molecular flexibility index (Phi) is 8.91. The van der Waals surface area contributed by atoms with E-state index in [0.717, 1.165) is 34.8 Å². The number of carbonyl (C=O) groups is 1. The van der Waals surface area contributed by atoms with E-state index in [0.29, 0.717) is 37.2 Å². The van der Waals surface area contributed by atoms with Gasteiger partial charge in [0.1, 0.15) is 17.3 Å². The van der Waals surface area contributed by atoms with Gasteiger partial charge in [-0.3, -0.25) is 0 Å². The molecule has 0 unspecified atom stereocenters. The highest BCUT2D eigenvalue weighted by molar-refractivity contribution is 5.79. The summed E-state index contributed by atoms with van der Waals surface area (Å²) >= 11 is 0. The Labute approximate surface area is 220 Å². The van der Waals surface area contributed by atoms with Crippen LogP contribution in [-0.2, 0) is 22.4 Å². The molecule has 0 radical (unpaired) electrons. The van der Waals surface area contributed by atoms with E-state index in [-0.39, 0.29) is 5.97 Å². The molecule has 6 heteroatoms. The van der Waals surface area contributed by atoms with Crippen LogP contribution >= 0.6 is 0 Å². The maximum atomic E-state index is 12.3. The monoisotopic (exact) mass is 505 g/mol. The summed E-state index contributed by atoms with van der Waals surface area (Å²) in [5.41, 5.74) is 1.92. The second kappa shape index (κ2) is 12.3. The van der Waals surface area contributed by atoms with Crippen molar-refractivity contribution in [2.75, 3.05) is 13.2 Å². The van der Waals surface area contributed by atoms with Crippen molar-refractivity contribution in [3.63, 3.8) is 0 Å². The molecule has 3 aromatic rings. The summed E-state index contributed by atoms with van der Waals surface area (Å²) in [7, 11) is 0. The lowest BCUT2D eigenvalue weighted by atomic mass is 9.84. The van der Waals surface area contributed by atoms with Gasteiger partial charge in [0, 0.05) is 12.0 Å². The van der Waals surface area contributed by atoms with Crippen LogP contribution in [0.4, 0.5) is 0 Å². The van der Waals surface area contributed by atoms with E-state index in [9.17, 15) is 4.79 Å². The van der Waals surface area contributed by atoms with Gasteiger partial charge in [-0.1, -0.05) is 50.3 Å². The number of carbonyl (C=O) groups excluding carboxylic acids is 1. The van der Waals surface area contributed by atoms with Gasteiger partial charge in [0.25, 0.3) is 0 Å². The van der Waals surface area contributed by atoms with Gasteiger partial charge in [0.2, 0.25) is 5.89 Å². The van der Waals surface area contributed by atoms with Gasteiger partial charge in [-0.05, 0) is 75.9 Å². The van der Waals surface area contributed by atoms with Gasteiger partial charge < -0.3 is 18.6 Å². The zero-order chi connectivity index (χ0) is 26.3. The highest BCUT2D eigenvalue weighted by Gasteiger charge is 2.32. The first-order chi connectivity index (χ1) is 17.9. The summed E-state index contributed by atoms with van der Waals surface area (Å²) in [5, 5.41) is 0. The van der Waals surface area contributed by atoms with Gasteiger partial charge in [-0.15, -0.1) is 0 Å². The van der Waals surface area contributed by atoms with Gasteiger partial charge >= 0.3 is 5.97 Å². The van der Waals surface area contributed by atoms with E-state index >= 15 is 0 Å². The quantitative estimate of drug-likeness (QED) is 0.259. The van der Waals surface area contributed by atoms with Crippen molar-refractivity contribution in [1.29, 1.82) is 0 Å². The van der Waals surface area contributed by atoms with Crippen LogP contribution in [0.3, 0.4) is 0 Å². The summed E-state index contributed by atoms with van der Waals surface area (Å²) in [4.78, 5) is 17.1. The van der Waals surface area contributed by atoms with Crippen LogP contribution in [0.2, 0.25) is 0 Å². The van der Waals surface area contributed by atoms with E-state index in [2.05, 4.69) is 0 Å². The molecule has 1 saturated carbocycles. The molecule has 1 aromatic heterocycles. The van der Waals surface area contributed by atoms with Gasteiger partial charge in [0.05, 0.1) is 18.9 Å². The molecule has 1 fully saturated rings. The number of ether oxygens (including phenoxy) is 3. The molecule has 0 amide bonds. The minimum absolute atomic E-state index is 0.323. The zero-order valence-electron chi connectivity index (χ0n) is 22.5. The van der Waals surface area contributed by atoms with E-state index in [1.165, 1.54) is 32.1 Å². The van der Waals surface area contributed by atoms with Gasteiger partial charge in [0.15, 0.2) is 5.60 Å². The van der Waals surface area contributed by atoms with Gasteiger partial charge in [-0.2, -0.15) is 0 Å². The van der Waals surface area contributed by atoms with Crippen molar-refractivity contribution in [2.24, 2.45) is 5.92 Å². The highest BCUT2D eigenvalue weighted by atomic mass is 16.6. The average molecular weight is 506 g/mol. The van der Waals surface area contributed by atoms with Crippen molar-refractivity contribution in [2.45, 2.75) is 78.2 Å². The first kappa shape index (κ1) is 26.8. The molecule has 198 valence electrons. The number of benzene rings is 2. The van der Waals surface area contributed by atoms with Crippen LogP contribution < -0.4 is 9.47 Å². The van der Waals surface area contributed by atoms with Crippen molar-refractivity contribution in [1.82, 2.24) is 4.98 Å². The topological polar surface area (TPSA) is 70.8 Å². The molecule has 0 bridgehead atoms. The number of rotatable bonds is 11. The molecule has 1 aliphatic rings.